The zero-order chi connectivity index (χ0) is 11.3. The molecular weight excluding hydrogens is 188 g/mol. The summed E-state index contributed by atoms with van der Waals surface area (Å²) in [5.74, 6) is 0.404. The lowest BCUT2D eigenvalue weighted by Crippen LogP contribution is -2.17. The van der Waals surface area contributed by atoms with Crippen LogP contribution in [0.2, 0.25) is 0 Å². The van der Waals surface area contributed by atoms with Crippen LogP contribution in [0.3, 0.4) is 0 Å². The van der Waals surface area contributed by atoms with Crippen LogP contribution in [0, 0.1) is 0 Å². The SMILES string of the molecule is CNC(=O)c1ccc([C@H](C)CCN)cc1. The highest BCUT2D eigenvalue weighted by Crippen LogP contribution is 2.18. The van der Waals surface area contributed by atoms with Gasteiger partial charge in [-0.1, -0.05) is 19.1 Å². The van der Waals surface area contributed by atoms with E-state index >= 15 is 0 Å². The van der Waals surface area contributed by atoms with Gasteiger partial charge in [0.05, 0.1) is 0 Å². The molecule has 0 unspecified atom stereocenters. The van der Waals surface area contributed by atoms with Crippen LogP contribution in [0.4, 0.5) is 0 Å². The summed E-state index contributed by atoms with van der Waals surface area (Å²) in [6.45, 7) is 2.83. The van der Waals surface area contributed by atoms with Gasteiger partial charge in [0, 0.05) is 12.6 Å². The molecule has 1 atom stereocenters. The summed E-state index contributed by atoms with van der Waals surface area (Å²) in [7, 11) is 1.63. The van der Waals surface area contributed by atoms with Crippen LogP contribution in [-0.2, 0) is 0 Å². The first kappa shape index (κ1) is 11.7. The number of nitrogens with two attached hydrogens (primary N) is 1. The standard InChI is InChI=1S/C12H18N2O/c1-9(7-8-13)10-3-5-11(6-4-10)12(15)14-2/h3-6,9H,7-8,13H2,1-2H3,(H,14,15)/t9-/m1/s1. The molecule has 0 heterocycles. The number of hydrogen-bond donors (Lipinski definition) is 2. The lowest BCUT2D eigenvalue weighted by molar-refractivity contribution is 0.0963. The number of rotatable bonds is 4. The molecule has 1 rings (SSSR count). The zero-order valence-corrected chi connectivity index (χ0v) is 9.29. The van der Waals surface area contributed by atoms with Gasteiger partial charge in [0.25, 0.3) is 5.91 Å². The lowest BCUT2D eigenvalue weighted by Gasteiger charge is -2.10. The summed E-state index contributed by atoms with van der Waals surface area (Å²) in [4.78, 5) is 11.3. The van der Waals surface area contributed by atoms with Gasteiger partial charge in [0.1, 0.15) is 0 Å². The van der Waals surface area contributed by atoms with Crippen molar-refractivity contribution in [2.24, 2.45) is 5.73 Å². The molecule has 1 aromatic rings. The van der Waals surface area contributed by atoms with Crippen LogP contribution >= 0.6 is 0 Å². The minimum atomic E-state index is -0.0481. The van der Waals surface area contributed by atoms with Gasteiger partial charge < -0.3 is 11.1 Å². The van der Waals surface area contributed by atoms with Crippen LogP contribution in [0.5, 0.6) is 0 Å². The van der Waals surface area contributed by atoms with Gasteiger partial charge in [0.2, 0.25) is 0 Å². The predicted octanol–water partition coefficient (Wildman–Crippen LogP) is 1.50. The van der Waals surface area contributed by atoms with Crippen molar-refractivity contribution in [1.29, 1.82) is 0 Å². The lowest BCUT2D eigenvalue weighted by atomic mass is 9.97. The fraction of sp³-hybridized carbons (Fsp3) is 0.417. The molecule has 3 nitrogen and oxygen atoms in total. The Kier molecular flexibility index (Phi) is 4.31. The number of carbonyl (C=O) groups is 1. The van der Waals surface area contributed by atoms with Crippen molar-refractivity contribution in [2.75, 3.05) is 13.6 Å². The third-order valence-electron chi connectivity index (χ3n) is 2.57. The van der Waals surface area contributed by atoms with E-state index in [4.69, 9.17) is 5.73 Å². The largest absolute Gasteiger partial charge is 0.355 e. The molecule has 0 saturated carbocycles. The number of nitrogens with one attached hydrogen (secondary N) is 1. The van der Waals surface area contributed by atoms with Crippen LogP contribution in [-0.4, -0.2) is 19.5 Å². The van der Waals surface area contributed by atoms with Crippen molar-refractivity contribution in [2.45, 2.75) is 19.3 Å². The summed E-state index contributed by atoms with van der Waals surface area (Å²) in [5.41, 5.74) is 7.43. The zero-order valence-electron chi connectivity index (χ0n) is 9.29. The topological polar surface area (TPSA) is 55.1 Å². The number of carbonyl (C=O) groups excluding carboxylic acids is 1. The fourth-order valence-corrected chi connectivity index (χ4v) is 1.52. The average molecular weight is 206 g/mol. The Bertz CT molecular complexity index is 319. The monoisotopic (exact) mass is 206 g/mol. The van der Waals surface area contributed by atoms with Crippen LogP contribution in [0.1, 0.15) is 35.2 Å². The molecule has 15 heavy (non-hydrogen) atoms. The van der Waals surface area contributed by atoms with Gasteiger partial charge in [-0.25, -0.2) is 0 Å². The summed E-state index contributed by atoms with van der Waals surface area (Å²) < 4.78 is 0. The Hall–Kier alpha value is -1.35. The molecule has 1 amide bonds. The maximum absolute atomic E-state index is 11.3. The number of benzene rings is 1. The molecule has 0 fully saturated rings. The molecule has 3 N–H and O–H groups in total. The molecule has 0 aliphatic carbocycles. The summed E-state index contributed by atoms with van der Waals surface area (Å²) >= 11 is 0. The summed E-state index contributed by atoms with van der Waals surface area (Å²) in [6.07, 6.45) is 0.972. The first-order chi connectivity index (χ1) is 7.19. The molecule has 0 aliphatic heterocycles. The molecule has 0 spiro atoms. The smallest absolute Gasteiger partial charge is 0.251 e. The highest BCUT2D eigenvalue weighted by atomic mass is 16.1. The molecule has 0 bridgehead atoms. The predicted molar refractivity (Wildman–Crippen MR) is 61.9 cm³/mol. The van der Waals surface area contributed by atoms with Crippen molar-refractivity contribution < 1.29 is 4.79 Å². The molecule has 1 aromatic carbocycles. The molecule has 3 heteroatoms. The molecule has 82 valence electrons. The highest BCUT2D eigenvalue weighted by molar-refractivity contribution is 5.93. The van der Waals surface area contributed by atoms with Gasteiger partial charge >= 0.3 is 0 Å². The molecule has 0 radical (unpaired) electrons. The second kappa shape index (κ2) is 5.51. The van der Waals surface area contributed by atoms with E-state index in [1.165, 1.54) is 5.56 Å². The molecule has 0 aromatic heterocycles. The van der Waals surface area contributed by atoms with Crippen LogP contribution < -0.4 is 11.1 Å². The van der Waals surface area contributed by atoms with E-state index in [0.29, 0.717) is 18.0 Å². The van der Waals surface area contributed by atoms with Gasteiger partial charge in [-0.05, 0) is 36.6 Å². The average Bonchev–Trinajstić information content (AvgIpc) is 2.28. The maximum atomic E-state index is 11.3. The Morgan fingerprint density at radius 3 is 2.47 bits per heavy atom. The number of hydrogen-bond acceptors (Lipinski definition) is 2. The summed E-state index contributed by atoms with van der Waals surface area (Å²) in [6, 6.07) is 7.68. The summed E-state index contributed by atoms with van der Waals surface area (Å²) in [5, 5.41) is 2.60. The minimum Gasteiger partial charge on any atom is -0.355 e. The van der Waals surface area contributed by atoms with Gasteiger partial charge in [-0.2, -0.15) is 0 Å². The fourth-order valence-electron chi connectivity index (χ4n) is 1.52. The van der Waals surface area contributed by atoms with Crippen LogP contribution in [0.15, 0.2) is 24.3 Å². The first-order valence-electron chi connectivity index (χ1n) is 5.21. The van der Waals surface area contributed by atoms with E-state index in [1.54, 1.807) is 7.05 Å². The van der Waals surface area contributed by atoms with Crippen LogP contribution in [0.25, 0.3) is 0 Å². The molecule has 0 saturated heterocycles. The van der Waals surface area contributed by atoms with E-state index in [9.17, 15) is 4.79 Å². The number of amides is 1. The van der Waals surface area contributed by atoms with Crippen molar-refractivity contribution in [1.82, 2.24) is 5.32 Å². The third-order valence-corrected chi connectivity index (χ3v) is 2.57. The highest BCUT2D eigenvalue weighted by Gasteiger charge is 2.06. The minimum absolute atomic E-state index is 0.0481. The van der Waals surface area contributed by atoms with Crippen molar-refractivity contribution in [3.05, 3.63) is 35.4 Å². The quantitative estimate of drug-likeness (QED) is 0.784. The third kappa shape index (κ3) is 3.06. The Balaban J connectivity index is 2.76. The maximum Gasteiger partial charge on any atom is 0.251 e. The molecular formula is C12H18N2O. The van der Waals surface area contributed by atoms with Gasteiger partial charge in [-0.15, -0.1) is 0 Å². The van der Waals surface area contributed by atoms with Crippen molar-refractivity contribution in [3.63, 3.8) is 0 Å². The normalized spacial score (nSPS) is 12.2. The van der Waals surface area contributed by atoms with E-state index in [2.05, 4.69) is 12.2 Å². The second-order valence-corrected chi connectivity index (χ2v) is 3.68. The van der Waals surface area contributed by atoms with E-state index in [1.807, 2.05) is 24.3 Å². The Morgan fingerprint density at radius 1 is 1.40 bits per heavy atom. The first-order valence-corrected chi connectivity index (χ1v) is 5.21. The second-order valence-electron chi connectivity index (χ2n) is 3.68. The van der Waals surface area contributed by atoms with E-state index in [-0.39, 0.29) is 5.91 Å². The van der Waals surface area contributed by atoms with Crippen molar-refractivity contribution in [3.8, 4) is 0 Å². The van der Waals surface area contributed by atoms with E-state index in [0.717, 1.165) is 6.42 Å². The van der Waals surface area contributed by atoms with Crippen molar-refractivity contribution >= 4 is 5.91 Å². The van der Waals surface area contributed by atoms with Gasteiger partial charge in [0.15, 0.2) is 0 Å². The Labute approximate surface area is 90.7 Å². The molecule has 0 aliphatic rings. The Morgan fingerprint density at radius 2 is 2.00 bits per heavy atom. The van der Waals surface area contributed by atoms with Gasteiger partial charge in [-0.3, -0.25) is 4.79 Å². The van der Waals surface area contributed by atoms with E-state index < -0.39 is 0 Å².